The van der Waals surface area contributed by atoms with E-state index in [1.54, 1.807) is 50.0 Å². The molecule has 0 aliphatic heterocycles. The van der Waals surface area contributed by atoms with Gasteiger partial charge in [-0.2, -0.15) is 5.10 Å². The number of fused-ring (bicyclic) bond motifs is 1. The second-order valence-electron chi connectivity index (χ2n) is 10.1. The van der Waals surface area contributed by atoms with Crippen molar-refractivity contribution in [1.82, 2.24) is 20.3 Å². The molecule has 1 amide bonds. The number of aromatic nitrogens is 3. The zero-order valence-electron chi connectivity index (χ0n) is 23.9. The van der Waals surface area contributed by atoms with Crippen molar-refractivity contribution in [2.24, 2.45) is 0 Å². The summed E-state index contributed by atoms with van der Waals surface area (Å²) in [4.78, 5) is 23.6. The lowest BCUT2D eigenvalue weighted by Gasteiger charge is -2.19. The van der Waals surface area contributed by atoms with Crippen LogP contribution in [-0.4, -0.2) is 62.3 Å². The summed E-state index contributed by atoms with van der Waals surface area (Å²) in [7, 11) is -0.368. The Balaban J connectivity index is 1.55. The first-order valence-electron chi connectivity index (χ1n) is 12.6. The van der Waals surface area contributed by atoms with E-state index in [0.717, 1.165) is 17.2 Å². The van der Waals surface area contributed by atoms with Gasteiger partial charge in [0, 0.05) is 18.3 Å². The molecule has 224 valence electrons. The van der Waals surface area contributed by atoms with E-state index in [-0.39, 0.29) is 39.5 Å². The maximum absolute atomic E-state index is 13.3. The van der Waals surface area contributed by atoms with Crippen LogP contribution in [0.5, 0.6) is 11.5 Å². The van der Waals surface area contributed by atoms with E-state index in [4.69, 9.17) is 23.5 Å². The van der Waals surface area contributed by atoms with Gasteiger partial charge in [-0.1, -0.05) is 5.16 Å². The van der Waals surface area contributed by atoms with Crippen LogP contribution >= 0.6 is 0 Å². The van der Waals surface area contributed by atoms with Crippen molar-refractivity contribution in [2.75, 3.05) is 26.1 Å². The molecule has 0 fully saturated rings. The number of nitrogens with one attached hydrogen (secondary N) is 2. The average Bonchev–Trinajstić information content (AvgIpc) is 3.56. The van der Waals surface area contributed by atoms with Crippen molar-refractivity contribution >= 4 is 38.9 Å². The molecule has 0 spiro atoms. The minimum absolute atomic E-state index is 0.0112. The van der Waals surface area contributed by atoms with Gasteiger partial charge in [-0.15, -0.1) is 0 Å². The fourth-order valence-corrected chi connectivity index (χ4v) is 5.19. The Labute approximate surface area is 241 Å². The Kier molecular flexibility index (Phi) is 8.61. The predicted octanol–water partition coefficient (Wildman–Crippen LogP) is 3.70. The number of sulfonamides is 1. The molecule has 2 aromatic heterocycles. The van der Waals surface area contributed by atoms with Gasteiger partial charge in [0.25, 0.3) is 10.0 Å². The van der Waals surface area contributed by atoms with Crippen LogP contribution in [0.4, 0.5) is 10.6 Å². The summed E-state index contributed by atoms with van der Waals surface area (Å²) in [6.07, 6.45) is 2.86. The van der Waals surface area contributed by atoms with Gasteiger partial charge in [-0.3, -0.25) is 9.40 Å². The molecule has 2 heterocycles. The third kappa shape index (κ3) is 6.91. The SMILES string of the molecule is COC(=O)c1ccc(OC)c(S(=O)(=O)Nc2noc3cc(Cn4cc(CNC(=O)OC(C)(C)C)cn4)cc(OC)c23)c1. The van der Waals surface area contributed by atoms with Crippen molar-refractivity contribution in [3.8, 4) is 11.5 Å². The molecule has 15 heteroatoms. The fraction of sp³-hybridized carbons (Fsp3) is 0.333. The summed E-state index contributed by atoms with van der Waals surface area (Å²) in [5.41, 5.74) is 1.17. The standard InChI is InChI=1S/C27H31N5O9S/c1-27(2,3)40-26(34)28-12-17-13-29-32(15-17)14-16-9-20(38-5)23-21(10-16)41-30-24(23)31-42(35,36)22-11-18(25(33)39-6)7-8-19(22)37-4/h7-11,13,15H,12,14H2,1-6H3,(H,28,34)(H,30,31). The molecule has 2 aromatic carbocycles. The van der Waals surface area contributed by atoms with Gasteiger partial charge in [0.15, 0.2) is 11.4 Å². The molecule has 4 aromatic rings. The van der Waals surface area contributed by atoms with Crippen LogP contribution in [0.1, 0.15) is 42.3 Å². The molecule has 2 N–H and O–H groups in total. The molecule has 0 atom stereocenters. The van der Waals surface area contributed by atoms with Gasteiger partial charge in [0.05, 0.1) is 39.6 Å². The summed E-state index contributed by atoms with van der Waals surface area (Å²) in [5, 5.41) is 11.2. The lowest BCUT2D eigenvalue weighted by molar-refractivity contribution is 0.0522. The molecule has 42 heavy (non-hydrogen) atoms. The molecular formula is C27H31N5O9S. The van der Waals surface area contributed by atoms with Crippen molar-refractivity contribution in [3.05, 3.63) is 59.4 Å². The first-order valence-corrected chi connectivity index (χ1v) is 14.1. The van der Waals surface area contributed by atoms with Gasteiger partial charge < -0.3 is 28.8 Å². The highest BCUT2D eigenvalue weighted by atomic mass is 32.2. The number of carbonyl (C=O) groups is 2. The number of carbonyl (C=O) groups excluding carboxylic acids is 2. The number of alkyl carbamates (subject to hydrolysis) is 1. The molecule has 0 bridgehead atoms. The van der Waals surface area contributed by atoms with E-state index in [0.29, 0.717) is 12.3 Å². The molecule has 0 saturated heterocycles. The number of methoxy groups -OCH3 is 3. The van der Waals surface area contributed by atoms with E-state index >= 15 is 0 Å². The zero-order valence-corrected chi connectivity index (χ0v) is 24.7. The van der Waals surface area contributed by atoms with E-state index in [9.17, 15) is 18.0 Å². The first-order chi connectivity index (χ1) is 19.8. The third-order valence-electron chi connectivity index (χ3n) is 5.79. The van der Waals surface area contributed by atoms with Crippen LogP contribution in [0.25, 0.3) is 11.0 Å². The minimum atomic E-state index is -4.30. The van der Waals surface area contributed by atoms with Crippen LogP contribution in [0.2, 0.25) is 0 Å². The molecule has 14 nitrogen and oxygen atoms in total. The number of benzene rings is 2. The number of hydrogen-bond acceptors (Lipinski definition) is 11. The van der Waals surface area contributed by atoms with Crippen molar-refractivity contribution < 1.29 is 41.5 Å². The number of nitrogens with zero attached hydrogens (tertiary/aromatic N) is 3. The highest BCUT2D eigenvalue weighted by Gasteiger charge is 2.26. The van der Waals surface area contributed by atoms with Gasteiger partial charge in [0.1, 0.15) is 27.4 Å². The van der Waals surface area contributed by atoms with Crippen molar-refractivity contribution in [2.45, 2.75) is 44.4 Å². The Bertz CT molecular complexity index is 1720. The number of ether oxygens (including phenoxy) is 4. The van der Waals surface area contributed by atoms with E-state index in [2.05, 4.69) is 20.3 Å². The Morgan fingerprint density at radius 1 is 1.02 bits per heavy atom. The highest BCUT2D eigenvalue weighted by molar-refractivity contribution is 7.92. The van der Waals surface area contributed by atoms with Crippen LogP contribution in [-0.2, 0) is 32.6 Å². The predicted molar refractivity (Wildman–Crippen MR) is 150 cm³/mol. The number of rotatable bonds is 10. The maximum Gasteiger partial charge on any atom is 0.407 e. The number of hydrogen-bond donors (Lipinski definition) is 2. The van der Waals surface area contributed by atoms with Gasteiger partial charge in [-0.05, 0) is 56.7 Å². The lowest BCUT2D eigenvalue weighted by Crippen LogP contribution is -2.32. The Morgan fingerprint density at radius 2 is 1.76 bits per heavy atom. The van der Waals surface area contributed by atoms with Crippen LogP contribution in [0, 0.1) is 0 Å². The summed E-state index contributed by atoms with van der Waals surface area (Å²) in [6.45, 7) is 5.90. The summed E-state index contributed by atoms with van der Waals surface area (Å²) in [6, 6.07) is 7.27. The van der Waals surface area contributed by atoms with E-state index in [1.165, 1.54) is 33.5 Å². The third-order valence-corrected chi connectivity index (χ3v) is 7.15. The molecule has 0 aliphatic rings. The molecule has 0 unspecified atom stereocenters. The highest BCUT2D eigenvalue weighted by Crippen LogP contribution is 2.36. The Hall–Kier alpha value is -4.79. The van der Waals surface area contributed by atoms with Crippen molar-refractivity contribution in [1.29, 1.82) is 0 Å². The van der Waals surface area contributed by atoms with Gasteiger partial charge in [-0.25, -0.2) is 18.0 Å². The van der Waals surface area contributed by atoms with Crippen LogP contribution in [0.3, 0.4) is 0 Å². The quantitative estimate of drug-likeness (QED) is 0.254. The largest absolute Gasteiger partial charge is 0.496 e. The molecule has 0 saturated carbocycles. The first kappa shape index (κ1) is 30.2. The molecule has 4 rings (SSSR count). The van der Waals surface area contributed by atoms with Gasteiger partial charge >= 0.3 is 12.1 Å². The molecule has 0 aliphatic carbocycles. The number of esters is 1. The normalized spacial score (nSPS) is 11.7. The molecular weight excluding hydrogens is 570 g/mol. The second-order valence-corrected chi connectivity index (χ2v) is 11.7. The number of amides is 1. The lowest BCUT2D eigenvalue weighted by atomic mass is 10.1. The van der Waals surface area contributed by atoms with Gasteiger partial charge in [0.2, 0.25) is 0 Å². The molecule has 0 radical (unpaired) electrons. The van der Waals surface area contributed by atoms with E-state index < -0.39 is 27.7 Å². The summed E-state index contributed by atoms with van der Waals surface area (Å²) in [5.74, 6) is -0.514. The topological polar surface area (TPSA) is 173 Å². The van der Waals surface area contributed by atoms with E-state index in [1.807, 2.05) is 0 Å². The smallest absolute Gasteiger partial charge is 0.407 e. The zero-order chi connectivity index (χ0) is 30.7. The monoisotopic (exact) mass is 601 g/mol. The minimum Gasteiger partial charge on any atom is -0.496 e. The summed E-state index contributed by atoms with van der Waals surface area (Å²) < 4.78 is 56.9. The summed E-state index contributed by atoms with van der Waals surface area (Å²) >= 11 is 0. The second kappa shape index (κ2) is 12.0. The maximum atomic E-state index is 13.3. The van der Waals surface area contributed by atoms with Crippen molar-refractivity contribution in [3.63, 3.8) is 0 Å². The number of anilines is 1. The van der Waals surface area contributed by atoms with Crippen LogP contribution < -0.4 is 19.5 Å². The fourth-order valence-electron chi connectivity index (χ4n) is 3.99. The van der Waals surface area contributed by atoms with Crippen LogP contribution in [0.15, 0.2) is 52.1 Å². The Morgan fingerprint density at radius 3 is 2.43 bits per heavy atom. The average molecular weight is 602 g/mol.